The molecule has 19 heavy (non-hydrogen) atoms. The number of ether oxygens (including phenoxy) is 1. The molecule has 0 spiro atoms. The van der Waals surface area contributed by atoms with E-state index in [9.17, 15) is 0 Å². The first-order valence-electron chi connectivity index (χ1n) is 6.65. The summed E-state index contributed by atoms with van der Waals surface area (Å²) in [5.41, 5.74) is 5.56. The lowest BCUT2D eigenvalue weighted by atomic mass is 10.3. The number of thiocarbonyl (C=S) groups is 1. The number of para-hydroxylation sites is 1. The Bertz CT molecular complexity index is 391. The van der Waals surface area contributed by atoms with E-state index >= 15 is 0 Å². The molecule has 0 unspecified atom stereocenters. The first kappa shape index (κ1) is 14.2. The molecule has 1 aromatic rings. The fourth-order valence-corrected chi connectivity index (χ4v) is 2.38. The Balaban J connectivity index is 1.62. The van der Waals surface area contributed by atoms with Gasteiger partial charge < -0.3 is 10.5 Å². The first-order valence-corrected chi connectivity index (χ1v) is 7.06. The maximum absolute atomic E-state index is 5.70. The third-order valence-electron chi connectivity index (χ3n) is 3.26. The van der Waals surface area contributed by atoms with Crippen molar-refractivity contribution in [2.45, 2.75) is 0 Å². The summed E-state index contributed by atoms with van der Waals surface area (Å²) in [7, 11) is 0. The van der Waals surface area contributed by atoms with Crippen molar-refractivity contribution in [1.82, 2.24) is 9.80 Å². The third kappa shape index (κ3) is 5.14. The van der Waals surface area contributed by atoms with Crippen LogP contribution in [0.5, 0.6) is 5.75 Å². The van der Waals surface area contributed by atoms with E-state index < -0.39 is 0 Å². The second-order valence-electron chi connectivity index (χ2n) is 4.75. The molecule has 0 aliphatic carbocycles. The first-order chi connectivity index (χ1) is 9.24. The highest BCUT2D eigenvalue weighted by molar-refractivity contribution is 7.80. The normalized spacial score (nSPS) is 17.3. The predicted octanol–water partition coefficient (Wildman–Crippen LogP) is 0.969. The topological polar surface area (TPSA) is 41.7 Å². The highest BCUT2D eigenvalue weighted by Gasteiger charge is 2.16. The van der Waals surface area contributed by atoms with Crippen molar-refractivity contribution in [2.75, 3.05) is 45.9 Å². The zero-order chi connectivity index (χ0) is 13.5. The molecule has 1 aliphatic heterocycles. The smallest absolute Gasteiger partial charge is 0.119 e. The summed E-state index contributed by atoms with van der Waals surface area (Å²) in [5.74, 6) is 0.939. The number of nitrogens with two attached hydrogens (primary N) is 1. The predicted molar refractivity (Wildman–Crippen MR) is 81.6 cm³/mol. The minimum Gasteiger partial charge on any atom is -0.492 e. The van der Waals surface area contributed by atoms with Gasteiger partial charge in [0.25, 0.3) is 0 Å². The highest BCUT2D eigenvalue weighted by Crippen LogP contribution is 2.08. The molecular weight excluding hydrogens is 258 g/mol. The van der Waals surface area contributed by atoms with Crippen LogP contribution >= 0.6 is 12.2 Å². The van der Waals surface area contributed by atoms with Crippen LogP contribution in [0.15, 0.2) is 30.3 Å². The summed E-state index contributed by atoms with van der Waals surface area (Å²) in [5, 5.41) is 0. The average molecular weight is 279 g/mol. The van der Waals surface area contributed by atoms with Crippen LogP contribution in [0.4, 0.5) is 0 Å². The summed E-state index contributed by atoms with van der Waals surface area (Å²) in [6.07, 6.45) is 0. The molecule has 0 aromatic heterocycles. The van der Waals surface area contributed by atoms with E-state index in [2.05, 4.69) is 9.80 Å². The van der Waals surface area contributed by atoms with Crippen molar-refractivity contribution < 1.29 is 4.74 Å². The summed E-state index contributed by atoms with van der Waals surface area (Å²) < 4.78 is 5.70. The lowest BCUT2D eigenvalue weighted by molar-refractivity contribution is 0.127. The van der Waals surface area contributed by atoms with Gasteiger partial charge >= 0.3 is 0 Å². The van der Waals surface area contributed by atoms with Gasteiger partial charge in [0.05, 0.1) is 4.99 Å². The Kier molecular flexibility index (Phi) is 5.57. The number of hydrogen-bond donors (Lipinski definition) is 1. The van der Waals surface area contributed by atoms with Crippen molar-refractivity contribution in [3.8, 4) is 5.75 Å². The SMILES string of the molecule is NC(=S)CN1CCN(CCOc2ccccc2)CC1. The lowest BCUT2D eigenvalue weighted by Crippen LogP contribution is -2.49. The number of nitrogens with zero attached hydrogens (tertiary/aromatic N) is 2. The van der Waals surface area contributed by atoms with Crippen LogP contribution in [0, 0.1) is 0 Å². The van der Waals surface area contributed by atoms with Crippen molar-refractivity contribution in [2.24, 2.45) is 5.73 Å². The molecule has 4 nitrogen and oxygen atoms in total. The van der Waals surface area contributed by atoms with Crippen LogP contribution in [0.2, 0.25) is 0 Å². The fourth-order valence-electron chi connectivity index (χ4n) is 2.20. The minimum atomic E-state index is 0.584. The van der Waals surface area contributed by atoms with Crippen LogP contribution in [-0.4, -0.2) is 60.7 Å². The molecule has 2 N–H and O–H groups in total. The number of rotatable bonds is 6. The van der Waals surface area contributed by atoms with Crippen LogP contribution in [0.3, 0.4) is 0 Å². The molecule has 0 saturated carbocycles. The Morgan fingerprint density at radius 1 is 1.11 bits per heavy atom. The van der Waals surface area contributed by atoms with Gasteiger partial charge in [-0.1, -0.05) is 30.4 Å². The van der Waals surface area contributed by atoms with Gasteiger partial charge in [0.15, 0.2) is 0 Å². The van der Waals surface area contributed by atoms with Crippen LogP contribution in [-0.2, 0) is 0 Å². The van der Waals surface area contributed by atoms with Crippen molar-refractivity contribution in [3.63, 3.8) is 0 Å². The molecule has 104 valence electrons. The van der Waals surface area contributed by atoms with Gasteiger partial charge in [0, 0.05) is 39.3 Å². The van der Waals surface area contributed by atoms with Crippen LogP contribution in [0.25, 0.3) is 0 Å². The molecule has 1 saturated heterocycles. The Morgan fingerprint density at radius 3 is 2.37 bits per heavy atom. The van der Waals surface area contributed by atoms with Crippen LogP contribution in [0.1, 0.15) is 0 Å². The summed E-state index contributed by atoms with van der Waals surface area (Å²) in [6, 6.07) is 9.95. The van der Waals surface area contributed by atoms with E-state index in [-0.39, 0.29) is 0 Å². The van der Waals surface area contributed by atoms with E-state index in [4.69, 9.17) is 22.7 Å². The zero-order valence-corrected chi connectivity index (χ0v) is 11.9. The molecule has 2 rings (SSSR count). The van der Waals surface area contributed by atoms with Crippen LogP contribution < -0.4 is 10.5 Å². The zero-order valence-electron chi connectivity index (χ0n) is 11.1. The van der Waals surface area contributed by atoms with E-state index in [1.54, 1.807) is 0 Å². The van der Waals surface area contributed by atoms with E-state index in [1.807, 2.05) is 30.3 Å². The minimum absolute atomic E-state index is 0.584. The third-order valence-corrected chi connectivity index (χ3v) is 3.39. The van der Waals surface area contributed by atoms with Crippen molar-refractivity contribution in [3.05, 3.63) is 30.3 Å². The quantitative estimate of drug-likeness (QED) is 0.786. The van der Waals surface area contributed by atoms with Gasteiger partial charge in [-0.15, -0.1) is 0 Å². The molecule has 1 aromatic carbocycles. The molecule has 0 bridgehead atoms. The summed E-state index contributed by atoms with van der Waals surface area (Å²) in [4.78, 5) is 5.30. The fraction of sp³-hybridized carbons (Fsp3) is 0.500. The van der Waals surface area contributed by atoms with E-state index in [0.29, 0.717) is 4.99 Å². The molecule has 1 heterocycles. The van der Waals surface area contributed by atoms with E-state index in [1.165, 1.54) is 0 Å². The number of benzene rings is 1. The monoisotopic (exact) mass is 279 g/mol. The molecule has 0 atom stereocenters. The largest absolute Gasteiger partial charge is 0.492 e. The van der Waals surface area contributed by atoms with E-state index in [0.717, 1.165) is 51.6 Å². The second kappa shape index (κ2) is 7.43. The molecule has 0 radical (unpaired) electrons. The van der Waals surface area contributed by atoms with Gasteiger partial charge in [0.2, 0.25) is 0 Å². The number of hydrogen-bond acceptors (Lipinski definition) is 4. The highest BCUT2D eigenvalue weighted by atomic mass is 32.1. The molecule has 1 aliphatic rings. The maximum atomic E-state index is 5.70. The number of piperazine rings is 1. The van der Waals surface area contributed by atoms with Gasteiger partial charge in [-0.05, 0) is 12.1 Å². The summed E-state index contributed by atoms with van der Waals surface area (Å²) >= 11 is 4.93. The Morgan fingerprint density at radius 2 is 1.74 bits per heavy atom. The summed E-state index contributed by atoms with van der Waals surface area (Å²) in [6.45, 7) is 6.62. The van der Waals surface area contributed by atoms with Gasteiger partial charge in [-0.2, -0.15) is 0 Å². The Hall–Kier alpha value is -1.17. The molecule has 0 amide bonds. The Labute approximate surface area is 120 Å². The van der Waals surface area contributed by atoms with Gasteiger partial charge in [0.1, 0.15) is 12.4 Å². The standard InChI is InChI=1S/C14H21N3OS/c15-14(19)12-17-8-6-16(7-9-17)10-11-18-13-4-2-1-3-5-13/h1-5H,6-12H2,(H2,15,19). The molecule has 1 fully saturated rings. The maximum Gasteiger partial charge on any atom is 0.119 e. The van der Waals surface area contributed by atoms with Gasteiger partial charge in [-0.25, -0.2) is 0 Å². The van der Waals surface area contributed by atoms with Crippen molar-refractivity contribution >= 4 is 17.2 Å². The lowest BCUT2D eigenvalue weighted by Gasteiger charge is -2.34. The average Bonchev–Trinajstić information content (AvgIpc) is 2.41. The van der Waals surface area contributed by atoms with Gasteiger partial charge in [-0.3, -0.25) is 9.80 Å². The van der Waals surface area contributed by atoms with Crippen molar-refractivity contribution in [1.29, 1.82) is 0 Å². The second-order valence-corrected chi connectivity index (χ2v) is 5.27. The molecular formula is C14H21N3OS. The molecule has 5 heteroatoms.